The lowest BCUT2D eigenvalue weighted by atomic mass is 10.1. The Kier molecular flexibility index (Phi) is 7.28. The maximum Gasteiger partial charge on any atom is 0.258 e. The molecule has 0 spiro atoms. The number of nitrogens with zero attached hydrogens (tertiary/aromatic N) is 1. The van der Waals surface area contributed by atoms with Crippen LogP contribution in [0.1, 0.15) is 29.6 Å². The largest absolute Gasteiger partial charge is 0.497 e. The van der Waals surface area contributed by atoms with E-state index in [1.807, 2.05) is 30.3 Å². The predicted molar refractivity (Wildman–Crippen MR) is 107 cm³/mol. The molecule has 28 heavy (non-hydrogen) atoms. The van der Waals surface area contributed by atoms with Gasteiger partial charge in [-0.25, -0.2) is 0 Å². The molecule has 1 atom stereocenters. The van der Waals surface area contributed by atoms with E-state index >= 15 is 0 Å². The first kappa shape index (κ1) is 20.2. The van der Waals surface area contributed by atoms with E-state index < -0.39 is 0 Å². The Morgan fingerprint density at radius 3 is 2.71 bits per heavy atom. The zero-order valence-electron chi connectivity index (χ0n) is 16.4. The monoisotopic (exact) mass is 385 g/mol. The lowest BCUT2D eigenvalue weighted by molar-refractivity contribution is -0.160. The maximum absolute atomic E-state index is 13.3. The topological polar surface area (TPSA) is 57.2 Å². The Balaban J connectivity index is 1.79. The van der Waals surface area contributed by atoms with Crippen LogP contribution in [-0.4, -0.2) is 46.2 Å². The predicted octanol–water partition coefficient (Wildman–Crippen LogP) is 3.89. The van der Waals surface area contributed by atoms with Gasteiger partial charge in [0, 0.05) is 18.7 Å². The molecule has 150 valence electrons. The van der Waals surface area contributed by atoms with Crippen LogP contribution in [0.3, 0.4) is 0 Å². The summed E-state index contributed by atoms with van der Waals surface area (Å²) in [5, 5.41) is 0. The average Bonchev–Trinajstić information content (AvgIpc) is 2.77. The fraction of sp³-hybridized carbons (Fsp3) is 0.409. The SMILES string of the molecule is COc1cccc(C(=O)N(CCOC2CCCCO2)c2ccccc2OC)c1. The fourth-order valence-corrected chi connectivity index (χ4v) is 3.21. The molecule has 6 nitrogen and oxygen atoms in total. The van der Waals surface area contributed by atoms with Gasteiger partial charge in [0.15, 0.2) is 6.29 Å². The number of carbonyl (C=O) groups is 1. The van der Waals surface area contributed by atoms with Crippen LogP contribution in [0.25, 0.3) is 0 Å². The number of ether oxygens (including phenoxy) is 4. The smallest absolute Gasteiger partial charge is 0.258 e. The number of hydrogen-bond donors (Lipinski definition) is 0. The van der Waals surface area contributed by atoms with E-state index in [1.54, 1.807) is 37.3 Å². The van der Waals surface area contributed by atoms with Gasteiger partial charge in [-0.15, -0.1) is 0 Å². The second-order valence-electron chi connectivity index (χ2n) is 6.53. The van der Waals surface area contributed by atoms with Crippen molar-refractivity contribution in [2.24, 2.45) is 0 Å². The molecule has 6 heteroatoms. The Bertz CT molecular complexity index is 773. The van der Waals surface area contributed by atoms with Crippen molar-refractivity contribution >= 4 is 11.6 Å². The van der Waals surface area contributed by atoms with E-state index in [-0.39, 0.29) is 12.2 Å². The van der Waals surface area contributed by atoms with Gasteiger partial charge in [-0.3, -0.25) is 4.79 Å². The molecule has 0 radical (unpaired) electrons. The highest BCUT2D eigenvalue weighted by Crippen LogP contribution is 2.29. The third kappa shape index (κ3) is 5.03. The number of hydrogen-bond acceptors (Lipinski definition) is 5. The zero-order valence-corrected chi connectivity index (χ0v) is 16.4. The van der Waals surface area contributed by atoms with E-state index in [0.29, 0.717) is 35.9 Å². The van der Waals surface area contributed by atoms with Gasteiger partial charge in [0.1, 0.15) is 11.5 Å². The zero-order chi connectivity index (χ0) is 19.8. The Morgan fingerprint density at radius 1 is 1.11 bits per heavy atom. The summed E-state index contributed by atoms with van der Waals surface area (Å²) in [6, 6.07) is 14.6. The van der Waals surface area contributed by atoms with Gasteiger partial charge in [0.25, 0.3) is 5.91 Å². The molecule has 1 saturated heterocycles. The van der Waals surface area contributed by atoms with Crippen LogP contribution in [0, 0.1) is 0 Å². The summed E-state index contributed by atoms with van der Waals surface area (Å²) in [6.07, 6.45) is 2.86. The molecule has 0 aliphatic carbocycles. The second kappa shape index (κ2) is 10.1. The third-order valence-corrected chi connectivity index (χ3v) is 4.69. The quantitative estimate of drug-likeness (QED) is 0.690. The van der Waals surface area contributed by atoms with Crippen LogP contribution in [0.15, 0.2) is 48.5 Å². The fourth-order valence-electron chi connectivity index (χ4n) is 3.21. The van der Waals surface area contributed by atoms with Gasteiger partial charge >= 0.3 is 0 Å². The van der Waals surface area contributed by atoms with Crippen molar-refractivity contribution in [2.45, 2.75) is 25.6 Å². The molecule has 0 bridgehead atoms. The normalized spacial score (nSPS) is 16.4. The van der Waals surface area contributed by atoms with Crippen molar-refractivity contribution in [2.75, 3.05) is 38.9 Å². The molecule has 2 aromatic carbocycles. The minimum absolute atomic E-state index is 0.142. The molecular formula is C22H27NO5. The van der Waals surface area contributed by atoms with Crippen LogP contribution < -0.4 is 14.4 Å². The Labute approximate surface area is 166 Å². The number of carbonyl (C=O) groups excluding carboxylic acids is 1. The first-order valence-electron chi connectivity index (χ1n) is 9.55. The molecular weight excluding hydrogens is 358 g/mol. The van der Waals surface area contributed by atoms with Crippen molar-refractivity contribution in [3.8, 4) is 11.5 Å². The van der Waals surface area contributed by atoms with E-state index in [4.69, 9.17) is 18.9 Å². The number of amides is 1. The van der Waals surface area contributed by atoms with Gasteiger partial charge in [-0.2, -0.15) is 0 Å². The third-order valence-electron chi connectivity index (χ3n) is 4.69. The highest BCUT2D eigenvalue weighted by molar-refractivity contribution is 6.07. The summed E-state index contributed by atoms with van der Waals surface area (Å²) in [7, 11) is 3.18. The van der Waals surface area contributed by atoms with Crippen molar-refractivity contribution in [1.82, 2.24) is 0 Å². The van der Waals surface area contributed by atoms with E-state index in [0.717, 1.165) is 25.9 Å². The number of rotatable bonds is 8. The van der Waals surface area contributed by atoms with E-state index in [1.165, 1.54) is 0 Å². The molecule has 3 rings (SSSR count). The van der Waals surface area contributed by atoms with Gasteiger partial charge in [-0.05, 0) is 49.6 Å². The van der Waals surface area contributed by atoms with Crippen LogP contribution >= 0.6 is 0 Å². The van der Waals surface area contributed by atoms with Crippen LogP contribution in [-0.2, 0) is 9.47 Å². The molecule has 1 unspecified atom stereocenters. The van der Waals surface area contributed by atoms with Gasteiger partial charge in [-0.1, -0.05) is 18.2 Å². The summed E-state index contributed by atoms with van der Waals surface area (Å²) in [5.74, 6) is 1.13. The molecule has 1 fully saturated rings. The number of methoxy groups -OCH3 is 2. The van der Waals surface area contributed by atoms with Crippen molar-refractivity contribution < 1.29 is 23.7 Å². The summed E-state index contributed by atoms with van der Waals surface area (Å²) in [6.45, 7) is 1.48. The number of anilines is 1. The van der Waals surface area contributed by atoms with E-state index in [2.05, 4.69) is 0 Å². The van der Waals surface area contributed by atoms with Crippen LogP contribution in [0.4, 0.5) is 5.69 Å². The molecule has 1 aliphatic heterocycles. The molecule has 0 N–H and O–H groups in total. The van der Waals surface area contributed by atoms with E-state index in [9.17, 15) is 4.79 Å². The molecule has 2 aromatic rings. The highest BCUT2D eigenvalue weighted by atomic mass is 16.7. The van der Waals surface area contributed by atoms with Gasteiger partial charge < -0.3 is 23.8 Å². The lowest BCUT2D eigenvalue weighted by Gasteiger charge is -2.27. The summed E-state index contributed by atoms with van der Waals surface area (Å²) in [4.78, 5) is 15.0. The molecule has 0 saturated carbocycles. The molecule has 1 amide bonds. The first-order chi connectivity index (χ1) is 13.7. The highest BCUT2D eigenvalue weighted by Gasteiger charge is 2.22. The molecule has 1 aliphatic rings. The standard InChI is InChI=1S/C22H27NO5/c1-25-18-9-7-8-17(16-18)22(24)23(19-10-3-4-11-20(19)26-2)13-15-28-21-12-5-6-14-27-21/h3-4,7-11,16,21H,5-6,12-15H2,1-2H3. The first-order valence-corrected chi connectivity index (χ1v) is 9.55. The summed E-state index contributed by atoms with van der Waals surface area (Å²) in [5.41, 5.74) is 1.24. The average molecular weight is 385 g/mol. The van der Waals surface area contributed by atoms with Crippen LogP contribution in [0.5, 0.6) is 11.5 Å². The van der Waals surface area contributed by atoms with Gasteiger partial charge in [0.2, 0.25) is 0 Å². The summed E-state index contributed by atoms with van der Waals surface area (Å²) < 4.78 is 22.2. The van der Waals surface area contributed by atoms with Crippen LogP contribution in [0.2, 0.25) is 0 Å². The number of benzene rings is 2. The van der Waals surface area contributed by atoms with Crippen molar-refractivity contribution in [1.29, 1.82) is 0 Å². The second-order valence-corrected chi connectivity index (χ2v) is 6.53. The van der Waals surface area contributed by atoms with Gasteiger partial charge in [0.05, 0.1) is 26.5 Å². The van der Waals surface area contributed by atoms with Crippen molar-refractivity contribution in [3.05, 3.63) is 54.1 Å². The Morgan fingerprint density at radius 2 is 1.96 bits per heavy atom. The molecule has 0 aromatic heterocycles. The maximum atomic E-state index is 13.3. The minimum Gasteiger partial charge on any atom is -0.497 e. The van der Waals surface area contributed by atoms with Crippen molar-refractivity contribution in [3.63, 3.8) is 0 Å². The number of para-hydroxylation sites is 2. The minimum atomic E-state index is -0.194. The lowest BCUT2D eigenvalue weighted by Crippen LogP contribution is -2.36. The Hall–Kier alpha value is -2.57. The molecule has 1 heterocycles. The summed E-state index contributed by atoms with van der Waals surface area (Å²) >= 11 is 0.